The lowest BCUT2D eigenvalue weighted by Gasteiger charge is -2.35. The lowest BCUT2D eigenvalue weighted by atomic mass is 10.0. The third-order valence-corrected chi connectivity index (χ3v) is 10.4. The van der Waals surface area contributed by atoms with E-state index in [1.165, 1.54) is 23.2 Å². The van der Waals surface area contributed by atoms with E-state index in [1.54, 1.807) is 43.0 Å². The summed E-state index contributed by atoms with van der Waals surface area (Å²) in [6.45, 7) is 6.20. The van der Waals surface area contributed by atoms with Crippen molar-refractivity contribution >= 4 is 44.1 Å². The Labute approximate surface area is 299 Å². The van der Waals surface area contributed by atoms with Gasteiger partial charge in [0.05, 0.1) is 42.4 Å². The number of imidazole rings is 1. The fraction of sp³-hybridized carbons (Fsp3) is 0.432. The quantitative estimate of drug-likeness (QED) is 0.221. The van der Waals surface area contributed by atoms with Crippen LogP contribution < -0.4 is 14.8 Å². The van der Waals surface area contributed by atoms with Crippen molar-refractivity contribution in [3.63, 3.8) is 0 Å². The first kappa shape index (κ1) is 37.6. The van der Waals surface area contributed by atoms with Crippen LogP contribution in [0.5, 0.6) is 5.75 Å². The summed E-state index contributed by atoms with van der Waals surface area (Å²) < 4.78 is 42.9. The highest BCUT2D eigenvalue weighted by atomic mass is 32.2. The molecule has 14 heteroatoms. The van der Waals surface area contributed by atoms with Crippen molar-refractivity contribution in [1.82, 2.24) is 19.4 Å². The van der Waals surface area contributed by atoms with Gasteiger partial charge in [0.2, 0.25) is 0 Å². The number of benzene rings is 3. The molecule has 0 saturated carbocycles. The predicted molar refractivity (Wildman–Crippen MR) is 196 cm³/mol. The van der Waals surface area contributed by atoms with Crippen LogP contribution >= 0.6 is 0 Å². The van der Waals surface area contributed by atoms with E-state index in [1.807, 2.05) is 56.3 Å². The molecule has 5 rings (SSSR count). The molecule has 4 aromatic rings. The Hall–Kier alpha value is -4.66. The number of sulfonamides is 1. The van der Waals surface area contributed by atoms with E-state index in [0.717, 1.165) is 23.6 Å². The number of hydrogen-bond donors (Lipinski definition) is 3. The van der Waals surface area contributed by atoms with E-state index in [0.29, 0.717) is 24.5 Å². The van der Waals surface area contributed by atoms with Crippen LogP contribution in [0.15, 0.2) is 78.2 Å². The molecule has 0 bridgehead atoms. The Bertz CT molecular complexity index is 1930. The maximum Gasteiger partial charge on any atom is 0.321 e. The summed E-state index contributed by atoms with van der Waals surface area (Å²) in [6, 6.07) is 17.3. The molecule has 3 amide bonds. The number of aliphatic hydroxyl groups is 1. The number of nitrogens with zero attached hydrogens (tertiary/aromatic N) is 4. The Morgan fingerprint density at radius 2 is 1.88 bits per heavy atom. The van der Waals surface area contributed by atoms with Gasteiger partial charge in [0.15, 0.2) is 5.03 Å². The van der Waals surface area contributed by atoms with Gasteiger partial charge in [-0.3, -0.25) is 9.52 Å². The number of aliphatic hydroxyl groups excluding tert-OH is 1. The topological polar surface area (TPSA) is 155 Å². The van der Waals surface area contributed by atoms with Crippen molar-refractivity contribution in [2.75, 3.05) is 43.4 Å². The maximum atomic E-state index is 14.4. The number of carbonyl (C=O) groups is 2. The monoisotopic (exact) mass is 720 g/mol. The van der Waals surface area contributed by atoms with Gasteiger partial charge in [-0.25, -0.2) is 9.78 Å². The smallest absolute Gasteiger partial charge is 0.321 e. The molecular weight excluding hydrogens is 673 g/mol. The van der Waals surface area contributed by atoms with Crippen LogP contribution in [0, 0.1) is 5.92 Å². The summed E-state index contributed by atoms with van der Waals surface area (Å²) in [5.74, 6) is -0.402. The maximum absolute atomic E-state index is 14.4. The van der Waals surface area contributed by atoms with Gasteiger partial charge in [-0.05, 0) is 62.8 Å². The molecule has 1 aliphatic rings. The highest BCUT2D eigenvalue weighted by Crippen LogP contribution is 2.30. The summed E-state index contributed by atoms with van der Waals surface area (Å²) in [5, 5.41) is 15.1. The first-order valence-corrected chi connectivity index (χ1v) is 18.7. The molecule has 0 radical (unpaired) electrons. The van der Waals surface area contributed by atoms with Crippen LogP contribution in [-0.2, 0) is 21.8 Å². The summed E-state index contributed by atoms with van der Waals surface area (Å²) in [5.41, 5.74) is 1.02. The largest absolute Gasteiger partial charge is 0.490 e. The Morgan fingerprint density at radius 3 is 2.63 bits per heavy atom. The number of carbonyl (C=O) groups excluding carboxylic acids is 2. The van der Waals surface area contributed by atoms with Gasteiger partial charge in [-0.15, -0.1) is 0 Å². The molecule has 0 spiro atoms. The zero-order valence-corrected chi connectivity index (χ0v) is 30.6. The fourth-order valence-corrected chi connectivity index (χ4v) is 7.11. The first-order valence-electron chi connectivity index (χ1n) is 17.2. The molecule has 13 nitrogen and oxygen atoms in total. The number of amides is 3. The van der Waals surface area contributed by atoms with Crippen molar-refractivity contribution in [2.24, 2.45) is 13.0 Å². The standard InChI is InChI=1S/C37H48N6O7S/c1-25-20-43(26(2)23-44)36(45)31-19-29(40-51(47,48)35-22-41(4)24-38-35)16-17-33(31)50-27(3)11-8-9-18-49-34(25)21-42(5)37(46)39-32-15-10-13-28-12-6-7-14-30(28)32/h6-7,10,12-17,19,22,24-27,34,40,44H,8-9,11,18,20-21,23H2,1-5H3,(H,39,46)/t25-,26-,27-,34-/m0/s1. The highest BCUT2D eigenvalue weighted by Gasteiger charge is 2.31. The third-order valence-electron chi connectivity index (χ3n) is 9.09. The van der Waals surface area contributed by atoms with Crippen molar-refractivity contribution in [2.45, 2.75) is 63.3 Å². The van der Waals surface area contributed by atoms with Crippen molar-refractivity contribution < 1.29 is 32.6 Å². The minimum atomic E-state index is -4.04. The van der Waals surface area contributed by atoms with Crippen LogP contribution in [0.4, 0.5) is 16.2 Å². The van der Waals surface area contributed by atoms with Crippen LogP contribution in [0.25, 0.3) is 10.8 Å². The van der Waals surface area contributed by atoms with Gasteiger partial charge in [0.25, 0.3) is 15.9 Å². The van der Waals surface area contributed by atoms with Crippen LogP contribution in [0.3, 0.4) is 0 Å². The molecule has 1 aliphatic heterocycles. The number of hydrogen-bond acceptors (Lipinski definition) is 8. The normalized spacial score (nSPS) is 19.8. The molecule has 0 saturated heterocycles. The van der Waals surface area contributed by atoms with E-state index in [4.69, 9.17) is 9.47 Å². The molecule has 4 atom stereocenters. The number of rotatable bonds is 8. The lowest BCUT2D eigenvalue weighted by Crippen LogP contribution is -2.48. The lowest BCUT2D eigenvalue weighted by molar-refractivity contribution is -0.0115. The third kappa shape index (κ3) is 9.37. The molecule has 274 valence electrons. The molecule has 0 fully saturated rings. The van der Waals surface area contributed by atoms with Crippen molar-refractivity contribution in [3.8, 4) is 5.75 Å². The minimum absolute atomic E-state index is 0.150. The molecule has 3 aromatic carbocycles. The van der Waals surface area contributed by atoms with Gasteiger partial charge < -0.3 is 34.3 Å². The fourth-order valence-electron chi connectivity index (χ4n) is 6.08. The number of anilines is 2. The summed E-state index contributed by atoms with van der Waals surface area (Å²) in [7, 11) is -0.657. The van der Waals surface area contributed by atoms with E-state index in [9.17, 15) is 23.1 Å². The van der Waals surface area contributed by atoms with Gasteiger partial charge in [0, 0.05) is 57.0 Å². The second-order valence-electron chi connectivity index (χ2n) is 13.3. The van der Waals surface area contributed by atoms with Crippen LogP contribution in [0.1, 0.15) is 50.4 Å². The van der Waals surface area contributed by atoms with Gasteiger partial charge in [-0.1, -0.05) is 43.3 Å². The SMILES string of the molecule is C[C@H]1CCCCO[C@@H](CN(C)C(=O)Nc2cccc3ccccc23)[C@@H](C)CN([C@@H](C)CO)C(=O)c2cc(NS(=O)(=O)c3cn(C)cn3)ccc2O1. The van der Waals surface area contributed by atoms with Crippen molar-refractivity contribution in [1.29, 1.82) is 0 Å². The second kappa shape index (κ2) is 16.6. The number of nitrogens with one attached hydrogen (secondary N) is 2. The zero-order chi connectivity index (χ0) is 36.7. The van der Waals surface area contributed by atoms with Crippen LogP contribution in [0.2, 0.25) is 0 Å². The van der Waals surface area contributed by atoms with E-state index in [-0.39, 0.29) is 54.0 Å². The average molecular weight is 721 g/mol. The number of ether oxygens (including phenoxy) is 2. The van der Waals surface area contributed by atoms with Crippen molar-refractivity contribution in [3.05, 3.63) is 78.8 Å². The van der Waals surface area contributed by atoms with Gasteiger partial charge in [0.1, 0.15) is 5.75 Å². The number of fused-ring (bicyclic) bond motifs is 2. The molecule has 51 heavy (non-hydrogen) atoms. The first-order chi connectivity index (χ1) is 24.4. The predicted octanol–water partition coefficient (Wildman–Crippen LogP) is 5.33. The molecule has 0 aliphatic carbocycles. The molecule has 0 unspecified atom stereocenters. The van der Waals surface area contributed by atoms with Gasteiger partial charge in [-0.2, -0.15) is 8.42 Å². The average Bonchev–Trinajstić information content (AvgIpc) is 3.56. The van der Waals surface area contributed by atoms with E-state index < -0.39 is 28.1 Å². The molecular formula is C37H48N6O7S. The molecule has 2 heterocycles. The highest BCUT2D eigenvalue weighted by molar-refractivity contribution is 7.92. The zero-order valence-electron chi connectivity index (χ0n) is 29.8. The second-order valence-corrected chi connectivity index (χ2v) is 15.0. The number of likely N-dealkylation sites (N-methyl/N-ethyl adjacent to an activating group) is 1. The summed E-state index contributed by atoms with van der Waals surface area (Å²) >= 11 is 0. The Morgan fingerprint density at radius 1 is 1.12 bits per heavy atom. The Balaban J connectivity index is 1.40. The molecule has 3 N–H and O–H groups in total. The van der Waals surface area contributed by atoms with Gasteiger partial charge >= 0.3 is 6.03 Å². The summed E-state index contributed by atoms with van der Waals surface area (Å²) in [6.07, 6.45) is 4.33. The minimum Gasteiger partial charge on any atom is -0.490 e. The van der Waals surface area contributed by atoms with E-state index >= 15 is 0 Å². The Kier molecular flexibility index (Phi) is 12.2. The number of urea groups is 1. The summed E-state index contributed by atoms with van der Waals surface area (Å²) in [4.78, 5) is 35.0. The number of aromatic nitrogens is 2. The van der Waals surface area contributed by atoms with Crippen LogP contribution in [-0.4, -0.2) is 96.4 Å². The number of aryl methyl sites for hydroxylation is 1. The van der Waals surface area contributed by atoms with E-state index in [2.05, 4.69) is 15.0 Å². The molecule has 1 aromatic heterocycles.